The van der Waals surface area contributed by atoms with Crippen molar-refractivity contribution in [3.8, 4) is 0 Å². The van der Waals surface area contributed by atoms with Gasteiger partial charge in [-0.25, -0.2) is 0 Å². The predicted octanol–water partition coefficient (Wildman–Crippen LogP) is 3.78. The number of hydrogen-bond acceptors (Lipinski definition) is 3. The maximum atomic E-state index is 12.6. The van der Waals surface area contributed by atoms with Gasteiger partial charge >= 0.3 is 0 Å². The molecular weight excluding hydrogens is 381 g/mol. The molecule has 0 spiro atoms. The van der Waals surface area contributed by atoms with Crippen molar-refractivity contribution in [2.24, 2.45) is 0 Å². The number of likely N-dealkylation sites (tertiary alicyclic amines) is 1. The normalized spacial score (nSPS) is 18.7. The highest BCUT2D eigenvalue weighted by Gasteiger charge is 2.24. The van der Waals surface area contributed by atoms with E-state index < -0.39 is 0 Å². The van der Waals surface area contributed by atoms with Gasteiger partial charge in [0.05, 0.1) is 6.04 Å². The van der Waals surface area contributed by atoms with Gasteiger partial charge in [-0.2, -0.15) is 0 Å². The molecule has 27 heavy (non-hydrogen) atoms. The minimum Gasteiger partial charge on any atom is -0.325 e. The molecule has 0 radical (unpaired) electrons. The number of hydrogen-bond donors (Lipinski definition) is 2. The van der Waals surface area contributed by atoms with Crippen molar-refractivity contribution in [1.29, 1.82) is 0 Å². The SMILES string of the molecule is Cl.Cl.O=C(Nc1cccc(CN2CCCC2)c1)[C@H]1Cc2ccccc2CN1. The second-order valence-corrected chi connectivity index (χ2v) is 7.08. The Kier molecular flexibility index (Phi) is 8.11. The molecule has 0 aromatic heterocycles. The summed E-state index contributed by atoms with van der Waals surface area (Å²) in [6.45, 7) is 4.09. The van der Waals surface area contributed by atoms with E-state index in [4.69, 9.17) is 0 Å². The van der Waals surface area contributed by atoms with Gasteiger partial charge in [-0.15, -0.1) is 24.8 Å². The number of rotatable bonds is 4. The van der Waals surface area contributed by atoms with Crippen molar-refractivity contribution in [3.05, 3.63) is 65.2 Å². The summed E-state index contributed by atoms with van der Waals surface area (Å²) < 4.78 is 0. The summed E-state index contributed by atoms with van der Waals surface area (Å²) in [6, 6.07) is 16.4. The number of carbonyl (C=O) groups is 1. The number of nitrogens with one attached hydrogen (secondary N) is 2. The van der Waals surface area contributed by atoms with Gasteiger partial charge in [0.1, 0.15) is 0 Å². The van der Waals surface area contributed by atoms with Crippen LogP contribution in [0.1, 0.15) is 29.5 Å². The molecule has 1 fully saturated rings. The zero-order valence-corrected chi connectivity index (χ0v) is 17.0. The Morgan fingerprint density at radius 2 is 1.78 bits per heavy atom. The number of benzene rings is 2. The molecule has 0 saturated carbocycles. The summed E-state index contributed by atoms with van der Waals surface area (Å²) in [7, 11) is 0. The quantitative estimate of drug-likeness (QED) is 0.810. The van der Waals surface area contributed by atoms with Crippen molar-refractivity contribution >= 4 is 36.4 Å². The first-order valence-electron chi connectivity index (χ1n) is 9.20. The number of carbonyl (C=O) groups excluding carboxylic acids is 1. The number of anilines is 1. The van der Waals surface area contributed by atoms with Crippen LogP contribution in [0.4, 0.5) is 5.69 Å². The minimum absolute atomic E-state index is 0. The van der Waals surface area contributed by atoms with Gasteiger partial charge in [0.15, 0.2) is 0 Å². The van der Waals surface area contributed by atoms with Crippen LogP contribution in [-0.2, 0) is 24.3 Å². The van der Waals surface area contributed by atoms with E-state index in [1.54, 1.807) is 0 Å². The zero-order valence-electron chi connectivity index (χ0n) is 15.3. The maximum absolute atomic E-state index is 12.6. The summed E-state index contributed by atoms with van der Waals surface area (Å²) in [5.41, 5.74) is 4.72. The van der Waals surface area contributed by atoms with E-state index in [2.05, 4.69) is 39.8 Å². The van der Waals surface area contributed by atoms with E-state index in [0.717, 1.165) is 25.2 Å². The highest BCUT2D eigenvalue weighted by atomic mass is 35.5. The summed E-state index contributed by atoms with van der Waals surface area (Å²) in [4.78, 5) is 15.1. The molecule has 0 unspecified atom stereocenters. The van der Waals surface area contributed by atoms with Crippen LogP contribution >= 0.6 is 24.8 Å². The van der Waals surface area contributed by atoms with E-state index in [-0.39, 0.29) is 36.8 Å². The Labute approximate surface area is 173 Å². The van der Waals surface area contributed by atoms with Crippen molar-refractivity contribution in [2.45, 2.75) is 38.4 Å². The van der Waals surface area contributed by atoms with Crippen LogP contribution < -0.4 is 10.6 Å². The third-order valence-electron chi connectivity index (χ3n) is 5.20. The second-order valence-electron chi connectivity index (χ2n) is 7.08. The molecule has 2 aliphatic rings. The lowest BCUT2D eigenvalue weighted by Crippen LogP contribution is -2.44. The van der Waals surface area contributed by atoms with Gasteiger partial charge in [0.25, 0.3) is 0 Å². The van der Waals surface area contributed by atoms with Gasteiger partial charge < -0.3 is 10.6 Å². The summed E-state index contributed by atoms with van der Waals surface area (Å²) in [6.07, 6.45) is 3.34. The number of fused-ring (bicyclic) bond motifs is 1. The average molecular weight is 408 g/mol. The Balaban J connectivity index is 0.00000131. The molecule has 2 aliphatic heterocycles. The van der Waals surface area contributed by atoms with Crippen molar-refractivity contribution in [2.75, 3.05) is 18.4 Å². The van der Waals surface area contributed by atoms with E-state index in [1.807, 2.05) is 24.3 Å². The highest BCUT2D eigenvalue weighted by molar-refractivity contribution is 5.95. The molecule has 2 heterocycles. The molecule has 0 aliphatic carbocycles. The van der Waals surface area contributed by atoms with E-state index >= 15 is 0 Å². The monoisotopic (exact) mass is 407 g/mol. The molecule has 1 saturated heterocycles. The summed E-state index contributed by atoms with van der Waals surface area (Å²) in [5, 5.41) is 6.44. The molecule has 1 amide bonds. The fourth-order valence-corrected chi connectivity index (χ4v) is 3.82. The third-order valence-corrected chi connectivity index (χ3v) is 5.20. The molecule has 2 N–H and O–H groups in total. The lowest BCUT2D eigenvalue weighted by atomic mass is 9.95. The van der Waals surface area contributed by atoms with Crippen LogP contribution in [0.15, 0.2) is 48.5 Å². The Hall–Kier alpha value is -1.59. The molecule has 4 rings (SSSR count). The Morgan fingerprint density at radius 3 is 2.56 bits per heavy atom. The van der Waals surface area contributed by atoms with E-state index in [0.29, 0.717) is 0 Å². The van der Waals surface area contributed by atoms with Crippen molar-refractivity contribution in [3.63, 3.8) is 0 Å². The molecule has 4 nitrogen and oxygen atoms in total. The summed E-state index contributed by atoms with van der Waals surface area (Å²) in [5.74, 6) is 0.0489. The summed E-state index contributed by atoms with van der Waals surface area (Å²) >= 11 is 0. The second kappa shape index (κ2) is 10.1. The zero-order chi connectivity index (χ0) is 17.1. The molecule has 146 valence electrons. The van der Waals surface area contributed by atoms with Gasteiger partial charge in [-0.1, -0.05) is 36.4 Å². The van der Waals surface area contributed by atoms with Crippen LogP contribution in [0.5, 0.6) is 0 Å². The standard InChI is InChI=1S/C21H25N3O.2ClH/c25-21(20-13-17-7-1-2-8-18(17)14-22-20)23-19-9-5-6-16(12-19)15-24-10-3-4-11-24;;/h1-2,5-9,12,20,22H,3-4,10-11,13-15H2,(H,23,25);2*1H/t20-;;/m1../s1. The van der Waals surface area contributed by atoms with E-state index in [1.165, 1.54) is 42.6 Å². The molecule has 2 aromatic carbocycles. The van der Waals surface area contributed by atoms with Gasteiger partial charge in [-0.05, 0) is 61.2 Å². The smallest absolute Gasteiger partial charge is 0.241 e. The van der Waals surface area contributed by atoms with Crippen molar-refractivity contribution < 1.29 is 4.79 Å². The Morgan fingerprint density at radius 1 is 1.04 bits per heavy atom. The largest absolute Gasteiger partial charge is 0.325 e. The first-order chi connectivity index (χ1) is 12.3. The van der Waals surface area contributed by atoms with Crippen molar-refractivity contribution in [1.82, 2.24) is 10.2 Å². The topological polar surface area (TPSA) is 44.4 Å². The maximum Gasteiger partial charge on any atom is 0.241 e. The number of amides is 1. The average Bonchev–Trinajstić information content (AvgIpc) is 3.14. The lowest BCUT2D eigenvalue weighted by Gasteiger charge is -2.25. The molecule has 6 heteroatoms. The van der Waals surface area contributed by atoms with Crippen LogP contribution in [0.3, 0.4) is 0 Å². The van der Waals surface area contributed by atoms with Gasteiger partial charge in [-0.3, -0.25) is 9.69 Å². The predicted molar refractivity (Wildman–Crippen MR) is 115 cm³/mol. The fourth-order valence-electron chi connectivity index (χ4n) is 3.82. The van der Waals surface area contributed by atoms with Crippen LogP contribution in [-0.4, -0.2) is 29.9 Å². The molecular formula is C21H27Cl2N3O. The Bertz CT molecular complexity index is 763. The van der Waals surface area contributed by atoms with E-state index in [9.17, 15) is 4.79 Å². The van der Waals surface area contributed by atoms with Crippen LogP contribution in [0, 0.1) is 0 Å². The van der Waals surface area contributed by atoms with Gasteiger partial charge in [0, 0.05) is 18.8 Å². The lowest BCUT2D eigenvalue weighted by molar-refractivity contribution is -0.118. The third kappa shape index (κ3) is 5.45. The number of nitrogens with zero attached hydrogens (tertiary/aromatic N) is 1. The molecule has 0 bridgehead atoms. The van der Waals surface area contributed by atoms with Gasteiger partial charge in [0.2, 0.25) is 5.91 Å². The fraction of sp³-hybridized carbons (Fsp3) is 0.381. The highest BCUT2D eigenvalue weighted by Crippen LogP contribution is 2.19. The first-order valence-corrected chi connectivity index (χ1v) is 9.20. The molecule has 1 atom stereocenters. The number of halogens is 2. The minimum atomic E-state index is -0.169. The first kappa shape index (κ1) is 21.7. The van der Waals surface area contributed by atoms with Crippen LogP contribution in [0.2, 0.25) is 0 Å². The van der Waals surface area contributed by atoms with Crippen LogP contribution in [0.25, 0.3) is 0 Å². The molecule has 2 aromatic rings.